The number of likely N-dealkylation sites (N-methyl/N-ethyl adjacent to an activating group) is 1. The van der Waals surface area contributed by atoms with E-state index in [1.54, 1.807) is 37.3 Å². The molecule has 0 fully saturated rings. The number of methoxy groups -OCH3 is 1. The van der Waals surface area contributed by atoms with Crippen molar-refractivity contribution in [2.75, 3.05) is 33.4 Å². The molecule has 164 valence electrons. The summed E-state index contributed by atoms with van der Waals surface area (Å²) >= 11 is 0. The second-order valence-corrected chi connectivity index (χ2v) is 7.31. The van der Waals surface area contributed by atoms with Gasteiger partial charge in [0.2, 0.25) is 0 Å². The highest BCUT2D eigenvalue weighted by atomic mass is 16.5. The lowest BCUT2D eigenvalue weighted by Crippen LogP contribution is -2.27. The predicted molar refractivity (Wildman–Crippen MR) is 120 cm³/mol. The highest BCUT2D eigenvalue weighted by Crippen LogP contribution is 2.33. The molecule has 1 unspecified atom stereocenters. The largest absolute Gasteiger partial charge is 0.492 e. The number of benzene rings is 2. The van der Waals surface area contributed by atoms with Gasteiger partial charge in [-0.15, -0.1) is 0 Å². The topological polar surface area (TPSA) is 69.0 Å². The second-order valence-electron chi connectivity index (χ2n) is 7.31. The summed E-state index contributed by atoms with van der Waals surface area (Å²) < 4.78 is 16.6. The molecule has 0 aliphatic rings. The van der Waals surface area contributed by atoms with Crippen LogP contribution in [0.1, 0.15) is 48.4 Å². The van der Waals surface area contributed by atoms with E-state index in [9.17, 15) is 9.59 Å². The summed E-state index contributed by atoms with van der Waals surface area (Å²) in [6.07, 6.45) is 0. The molecule has 0 saturated heterocycles. The van der Waals surface area contributed by atoms with E-state index in [0.717, 1.165) is 19.6 Å². The van der Waals surface area contributed by atoms with E-state index in [-0.39, 0.29) is 5.78 Å². The Kier molecular flexibility index (Phi) is 7.47. The number of hydrogen-bond acceptors (Lipinski definition) is 6. The van der Waals surface area contributed by atoms with Gasteiger partial charge in [0.1, 0.15) is 29.6 Å². The first-order valence-corrected chi connectivity index (χ1v) is 10.6. The molecule has 0 N–H and O–H groups in total. The van der Waals surface area contributed by atoms with Gasteiger partial charge in [0, 0.05) is 17.5 Å². The molecule has 0 spiro atoms. The van der Waals surface area contributed by atoms with Crippen molar-refractivity contribution in [3.8, 4) is 5.75 Å². The van der Waals surface area contributed by atoms with Crippen molar-refractivity contribution in [2.45, 2.75) is 26.7 Å². The Labute approximate surface area is 182 Å². The van der Waals surface area contributed by atoms with Crippen LogP contribution >= 0.6 is 0 Å². The van der Waals surface area contributed by atoms with Gasteiger partial charge in [0.25, 0.3) is 0 Å². The van der Waals surface area contributed by atoms with Gasteiger partial charge in [0.15, 0.2) is 5.78 Å². The Hall–Kier alpha value is -3.12. The molecule has 1 aromatic heterocycles. The van der Waals surface area contributed by atoms with Crippen LogP contribution in [0.2, 0.25) is 0 Å². The van der Waals surface area contributed by atoms with E-state index in [0.29, 0.717) is 40.2 Å². The molecule has 0 aliphatic heterocycles. The lowest BCUT2D eigenvalue weighted by Gasteiger charge is -2.18. The van der Waals surface area contributed by atoms with Crippen LogP contribution in [0, 0.1) is 0 Å². The zero-order valence-electron chi connectivity index (χ0n) is 18.5. The molecule has 1 heterocycles. The number of ether oxygens (including phenoxy) is 2. The summed E-state index contributed by atoms with van der Waals surface area (Å²) in [4.78, 5) is 27.8. The van der Waals surface area contributed by atoms with Crippen LogP contribution in [0.5, 0.6) is 5.75 Å². The highest BCUT2D eigenvalue weighted by Gasteiger charge is 2.29. The van der Waals surface area contributed by atoms with E-state index in [1.807, 2.05) is 18.2 Å². The Morgan fingerprint density at radius 1 is 1.03 bits per heavy atom. The normalized spacial score (nSPS) is 12.2. The van der Waals surface area contributed by atoms with Crippen molar-refractivity contribution in [3.05, 3.63) is 65.4 Å². The third-order valence-electron chi connectivity index (χ3n) is 5.48. The minimum Gasteiger partial charge on any atom is -0.492 e. The molecule has 2 aromatic carbocycles. The van der Waals surface area contributed by atoms with Crippen LogP contribution in [0.15, 0.2) is 52.9 Å². The monoisotopic (exact) mass is 423 g/mol. The minimum atomic E-state index is -0.695. The number of rotatable bonds is 10. The molecule has 3 aromatic rings. The van der Waals surface area contributed by atoms with Gasteiger partial charge in [-0.25, -0.2) is 0 Å². The molecule has 31 heavy (non-hydrogen) atoms. The van der Waals surface area contributed by atoms with Crippen molar-refractivity contribution in [2.24, 2.45) is 0 Å². The maximum atomic E-state index is 13.4. The summed E-state index contributed by atoms with van der Waals surface area (Å²) in [5, 5.41) is 0.679. The fourth-order valence-electron chi connectivity index (χ4n) is 3.57. The van der Waals surface area contributed by atoms with Crippen LogP contribution in [0.25, 0.3) is 11.0 Å². The van der Waals surface area contributed by atoms with Gasteiger partial charge in [-0.3, -0.25) is 9.59 Å². The third kappa shape index (κ3) is 4.97. The molecule has 1 atom stereocenters. The number of carbonyl (C=O) groups excluding carboxylic acids is 2. The zero-order valence-corrected chi connectivity index (χ0v) is 18.5. The zero-order chi connectivity index (χ0) is 22.4. The molecule has 0 bridgehead atoms. The maximum absolute atomic E-state index is 13.4. The average molecular weight is 424 g/mol. The first-order valence-electron chi connectivity index (χ1n) is 10.6. The Bertz CT molecular complexity index is 1030. The van der Waals surface area contributed by atoms with Gasteiger partial charge in [-0.1, -0.05) is 32.0 Å². The fourth-order valence-corrected chi connectivity index (χ4v) is 3.57. The van der Waals surface area contributed by atoms with Crippen LogP contribution in [0.3, 0.4) is 0 Å². The predicted octanol–water partition coefficient (Wildman–Crippen LogP) is 4.66. The summed E-state index contributed by atoms with van der Waals surface area (Å²) in [5.41, 5.74) is 1.46. The van der Waals surface area contributed by atoms with Gasteiger partial charge in [-0.05, 0) is 50.3 Å². The number of fused-ring (bicyclic) bond motifs is 1. The lowest BCUT2D eigenvalue weighted by molar-refractivity contribution is -0.142. The molecular formula is C25H29NO5. The van der Waals surface area contributed by atoms with Crippen molar-refractivity contribution in [3.63, 3.8) is 0 Å². The quantitative estimate of drug-likeness (QED) is 0.349. The lowest BCUT2D eigenvalue weighted by atomic mass is 9.95. The summed E-state index contributed by atoms with van der Waals surface area (Å²) in [7, 11) is 1.32. The standard InChI is InChI=1S/C25H29NO5/c1-5-26(6-2)15-16-30-19-13-11-18(12-14-19)23(27)22-20-9-7-8-10-21(20)31-24(22)17(3)25(28)29-4/h7-14,17H,5-6,15-16H2,1-4H3. The van der Waals surface area contributed by atoms with E-state index in [1.165, 1.54) is 7.11 Å². The Balaban J connectivity index is 1.85. The molecule has 6 heteroatoms. The summed E-state index contributed by atoms with van der Waals surface area (Å²) in [5.74, 6) is -0.323. The summed E-state index contributed by atoms with van der Waals surface area (Å²) in [6, 6.07) is 14.3. The Morgan fingerprint density at radius 2 is 1.71 bits per heavy atom. The number of para-hydroxylation sites is 1. The molecule has 0 saturated carbocycles. The number of carbonyl (C=O) groups is 2. The van der Waals surface area contributed by atoms with Crippen molar-refractivity contribution < 1.29 is 23.5 Å². The minimum absolute atomic E-state index is 0.203. The number of hydrogen-bond donors (Lipinski definition) is 0. The number of ketones is 1. The van der Waals surface area contributed by atoms with Crippen LogP contribution in [-0.2, 0) is 9.53 Å². The highest BCUT2D eigenvalue weighted by molar-refractivity contribution is 6.17. The van der Waals surface area contributed by atoms with E-state index in [4.69, 9.17) is 13.9 Å². The van der Waals surface area contributed by atoms with Crippen molar-refractivity contribution >= 4 is 22.7 Å². The van der Waals surface area contributed by atoms with Gasteiger partial charge in [-0.2, -0.15) is 0 Å². The van der Waals surface area contributed by atoms with Gasteiger partial charge >= 0.3 is 5.97 Å². The van der Waals surface area contributed by atoms with Gasteiger partial charge < -0.3 is 18.8 Å². The van der Waals surface area contributed by atoms with Crippen LogP contribution in [0.4, 0.5) is 0 Å². The van der Waals surface area contributed by atoms with Crippen molar-refractivity contribution in [1.82, 2.24) is 4.90 Å². The van der Waals surface area contributed by atoms with E-state index < -0.39 is 11.9 Å². The van der Waals surface area contributed by atoms with Crippen LogP contribution in [-0.4, -0.2) is 50.0 Å². The second kappa shape index (κ2) is 10.3. The molecule has 0 amide bonds. The van der Waals surface area contributed by atoms with Crippen LogP contribution < -0.4 is 4.74 Å². The smallest absolute Gasteiger partial charge is 0.316 e. The first kappa shape index (κ1) is 22.6. The maximum Gasteiger partial charge on any atom is 0.316 e. The third-order valence-corrected chi connectivity index (χ3v) is 5.48. The van der Waals surface area contributed by atoms with E-state index >= 15 is 0 Å². The summed E-state index contributed by atoms with van der Waals surface area (Å²) in [6.45, 7) is 9.33. The first-order chi connectivity index (χ1) is 15.0. The molecule has 0 aliphatic carbocycles. The van der Waals surface area contributed by atoms with E-state index in [2.05, 4.69) is 18.7 Å². The number of nitrogens with zero attached hydrogens (tertiary/aromatic N) is 1. The average Bonchev–Trinajstić information content (AvgIpc) is 3.20. The number of furan rings is 1. The SMILES string of the molecule is CCN(CC)CCOc1ccc(C(=O)c2c(C(C)C(=O)OC)oc3ccccc23)cc1. The van der Waals surface area contributed by atoms with Crippen molar-refractivity contribution in [1.29, 1.82) is 0 Å². The molecule has 0 radical (unpaired) electrons. The fraction of sp³-hybridized carbons (Fsp3) is 0.360. The molecule has 3 rings (SSSR count). The molecular weight excluding hydrogens is 394 g/mol. The number of esters is 1. The Morgan fingerprint density at radius 3 is 2.35 bits per heavy atom. The van der Waals surface area contributed by atoms with Gasteiger partial charge in [0.05, 0.1) is 12.7 Å². The molecule has 6 nitrogen and oxygen atoms in total.